The van der Waals surface area contributed by atoms with Crippen molar-refractivity contribution >= 4 is 34.8 Å². The summed E-state index contributed by atoms with van der Waals surface area (Å²) in [6, 6.07) is 8.51. The van der Waals surface area contributed by atoms with Gasteiger partial charge in [0.25, 0.3) is 0 Å². The Balaban J connectivity index is 1.77. The SMILES string of the molecule is CC1=C(/C=C/C(C)=C/C=C/C(C)=C/C(=O)NCCCc2ccc(N(CCCl)CCCl)cc2)C(C)(C)CCC1. The predicted octanol–water partition coefficient (Wildman–Crippen LogP) is 8.55. The fraction of sp³-hybridized carbons (Fsp3) is 0.485. The second kappa shape index (κ2) is 16.7. The van der Waals surface area contributed by atoms with E-state index < -0.39 is 0 Å². The van der Waals surface area contributed by atoms with Crippen molar-refractivity contribution in [2.75, 3.05) is 36.3 Å². The molecule has 0 atom stereocenters. The minimum atomic E-state index is -0.0529. The van der Waals surface area contributed by atoms with Gasteiger partial charge in [-0.2, -0.15) is 0 Å². The number of aryl methyl sites for hydroxylation is 1. The topological polar surface area (TPSA) is 32.3 Å². The molecule has 0 heterocycles. The number of carbonyl (C=O) groups excluding carboxylic acids is 1. The highest BCUT2D eigenvalue weighted by atomic mass is 35.5. The number of alkyl halides is 2. The number of hydrogen-bond acceptors (Lipinski definition) is 2. The minimum Gasteiger partial charge on any atom is -0.369 e. The molecule has 3 nitrogen and oxygen atoms in total. The normalized spacial score (nSPS) is 16.5. The highest BCUT2D eigenvalue weighted by Gasteiger charge is 2.26. The second-order valence-electron chi connectivity index (χ2n) is 10.8. The molecule has 1 aliphatic rings. The van der Waals surface area contributed by atoms with Crippen LogP contribution >= 0.6 is 23.2 Å². The Hall–Kier alpha value is -2.23. The fourth-order valence-corrected chi connectivity index (χ4v) is 5.30. The van der Waals surface area contributed by atoms with Crippen molar-refractivity contribution in [3.63, 3.8) is 0 Å². The Labute approximate surface area is 241 Å². The molecule has 0 unspecified atom stereocenters. The van der Waals surface area contributed by atoms with Crippen molar-refractivity contribution in [1.29, 1.82) is 0 Å². The molecule has 1 amide bonds. The number of hydrogen-bond donors (Lipinski definition) is 1. The zero-order valence-corrected chi connectivity index (χ0v) is 25.5. The third kappa shape index (κ3) is 11.3. The first-order valence-corrected chi connectivity index (χ1v) is 14.9. The van der Waals surface area contributed by atoms with Gasteiger partial charge in [0.1, 0.15) is 0 Å². The van der Waals surface area contributed by atoms with E-state index in [1.807, 2.05) is 19.1 Å². The molecule has 5 heteroatoms. The molecule has 0 bridgehead atoms. The summed E-state index contributed by atoms with van der Waals surface area (Å²) in [6.45, 7) is 13.2. The van der Waals surface area contributed by atoms with Crippen LogP contribution in [0.5, 0.6) is 0 Å². The van der Waals surface area contributed by atoms with E-state index in [1.54, 1.807) is 6.08 Å². The second-order valence-corrected chi connectivity index (χ2v) is 11.6. The first-order chi connectivity index (χ1) is 18.2. The molecule has 208 valence electrons. The van der Waals surface area contributed by atoms with E-state index in [0.29, 0.717) is 18.3 Å². The van der Waals surface area contributed by atoms with E-state index in [0.717, 1.165) is 37.2 Å². The average molecular weight is 558 g/mol. The Kier molecular flexibility index (Phi) is 14.0. The van der Waals surface area contributed by atoms with Crippen molar-refractivity contribution in [3.8, 4) is 0 Å². The van der Waals surface area contributed by atoms with Gasteiger partial charge in [0.15, 0.2) is 0 Å². The summed E-state index contributed by atoms with van der Waals surface area (Å²) < 4.78 is 0. The van der Waals surface area contributed by atoms with Gasteiger partial charge < -0.3 is 10.2 Å². The first kappa shape index (κ1) is 32.0. The lowest BCUT2D eigenvalue weighted by Crippen LogP contribution is -2.27. The van der Waals surface area contributed by atoms with E-state index in [1.165, 1.54) is 41.5 Å². The van der Waals surface area contributed by atoms with Gasteiger partial charge in [-0.3, -0.25) is 4.79 Å². The molecule has 1 aromatic carbocycles. The Bertz CT molecular complexity index is 1040. The molecular weight excluding hydrogens is 511 g/mol. The zero-order chi connectivity index (χ0) is 28.0. The molecule has 1 aliphatic carbocycles. The van der Waals surface area contributed by atoms with E-state index in [2.05, 4.69) is 80.4 Å². The van der Waals surface area contributed by atoms with Gasteiger partial charge >= 0.3 is 0 Å². The molecule has 0 fully saturated rings. The summed E-state index contributed by atoms with van der Waals surface area (Å²) in [7, 11) is 0. The van der Waals surface area contributed by atoms with Crippen LogP contribution in [0.4, 0.5) is 5.69 Å². The standard InChI is InChI=1S/C33H46Cl2N2O/c1-26(13-18-31-28(3)11-7-19-33(31,4)5)9-6-10-27(2)25-32(38)36-22-8-12-29-14-16-30(17-15-29)37(23-20-34)24-21-35/h6,9-10,13-18,25H,7-8,11-12,19-24H2,1-5H3,(H,36,38)/b10-6+,18-13+,26-9+,27-25+. The van der Waals surface area contributed by atoms with Gasteiger partial charge in [-0.05, 0) is 87.1 Å². The summed E-state index contributed by atoms with van der Waals surface area (Å²) in [4.78, 5) is 14.5. The highest BCUT2D eigenvalue weighted by Crippen LogP contribution is 2.40. The van der Waals surface area contributed by atoms with Crippen molar-refractivity contribution in [2.45, 2.75) is 66.7 Å². The molecule has 0 aromatic heterocycles. The zero-order valence-electron chi connectivity index (χ0n) is 24.0. The van der Waals surface area contributed by atoms with Crippen molar-refractivity contribution in [2.24, 2.45) is 5.41 Å². The van der Waals surface area contributed by atoms with Gasteiger partial charge in [-0.1, -0.05) is 67.5 Å². The van der Waals surface area contributed by atoms with E-state index in [9.17, 15) is 4.79 Å². The van der Waals surface area contributed by atoms with Crippen LogP contribution in [-0.4, -0.2) is 37.3 Å². The summed E-state index contributed by atoms with van der Waals surface area (Å²) >= 11 is 11.8. The third-order valence-electron chi connectivity index (χ3n) is 7.08. The minimum absolute atomic E-state index is 0.0529. The van der Waals surface area contributed by atoms with Gasteiger partial charge in [0.05, 0.1) is 0 Å². The maximum absolute atomic E-state index is 12.3. The van der Waals surface area contributed by atoms with Gasteiger partial charge in [-0.25, -0.2) is 0 Å². The summed E-state index contributed by atoms with van der Waals surface area (Å²) in [5.41, 5.74) is 7.75. The van der Waals surface area contributed by atoms with Crippen LogP contribution in [0, 0.1) is 5.41 Å². The Morgan fingerprint density at radius 2 is 1.74 bits per heavy atom. The average Bonchev–Trinajstić information content (AvgIpc) is 2.86. The monoisotopic (exact) mass is 556 g/mol. The van der Waals surface area contributed by atoms with Crippen molar-refractivity contribution in [1.82, 2.24) is 5.32 Å². The van der Waals surface area contributed by atoms with Crippen LogP contribution in [-0.2, 0) is 11.2 Å². The molecule has 0 radical (unpaired) electrons. The van der Waals surface area contributed by atoms with Gasteiger partial charge in [0, 0.05) is 43.2 Å². The summed E-state index contributed by atoms with van der Waals surface area (Å²) in [5, 5.41) is 3.00. The lowest BCUT2D eigenvalue weighted by atomic mass is 9.72. The van der Waals surface area contributed by atoms with Gasteiger partial charge in [-0.15, -0.1) is 23.2 Å². The molecule has 0 spiro atoms. The molecule has 38 heavy (non-hydrogen) atoms. The number of rotatable bonds is 14. The van der Waals surface area contributed by atoms with E-state index >= 15 is 0 Å². The van der Waals surface area contributed by atoms with Crippen LogP contribution in [0.2, 0.25) is 0 Å². The molecule has 1 aromatic rings. The molecule has 0 saturated carbocycles. The lowest BCUT2D eigenvalue weighted by molar-refractivity contribution is -0.116. The maximum Gasteiger partial charge on any atom is 0.244 e. The number of anilines is 1. The number of nitrogens with zero attached hydrogens (tertiary/aromatic N) is 1. The Morgan fingerprint density at radius 1 is 1.05 bits per heavy atom. The van der Waals surface area contributed by atoms with Gasteiger partial charge in [0.2, 0.25) is 5.91 Å². The van der Waals surface area contributed by atoms with Crippen LogP contribution < -0.4 is 10.2 Å². The summed E-state index contributed by atoms with van der Waals surface area (Å²) in [6.07, 6.45) is 17.8. The van der Waals surface area contributed by atoms with Crippen LogP contribution in [0.3, 0.4) is 0 Å². The maximum atomic E-state index is 12.3. The molecule has 0 saturated heterocycles. The Morgan fingerprint density at radius 3 is 2.37 bits per heavy atom. The number of nitrogens with one attached hydrogen (secondary N) is 1. The quantitative estimate of drug-likeness (QED) is 0.108. The lowest BCUT2D eigenvalue weighted by Gasteiger charge is -2.32. The molecule has 1 N–H and O–H groups in total. The van der Waals surface area contributed by atoms with Crippen LogP contribution in [0.15, 0.2) is 83.0 Å². The number of amides is 1. The highest BCUT2D eigenvalue weighted by molar-refractivity contribution is 6.18. The fourth-order valence-electron chi connectivity index (χ4n) is 4.89. The molecular formula is C33H46Cl2N2O. The van der Waals surface area contributed by atoms with Crippen LogP contribution in [0.1, 0.15) is 65.9 Å². The van der Waals surface area contributed by atoms with Crippen LogP contribution in [0.25, 0.3) is 0 Å². The largest absolute Gasteiger partial charge is 0.369 e. The molecule has 2 rings (SSSR count). The van der Waals surface area contributed by atoms with E-state index in [-0.39, 0.29) is 11.3 Å². The summed E-state index contributed by atoms with van der Waals surface area (Å²) in [5.74, 6) is 1.10. The van der Waals surface area contributed by atoms with E-state index in [4.69, 9.17) is 23.2 Å². The smallest absolute Gasteiger partial charge is 0.244 e. The number of allylic oxidation sites excluding steroid dienone is 9. The first-order valence-electron chi connectivity index (χ1n) is 13.8. The van der Waals surface area contributed by atoms with Crippen molar-refractivity contribution in [3.05, 3.63) is 88.6 Å². The number of halogens is 2. The number of benzene rings is 1. The predicted molar refractivity (Wildman–Crippen MR) is 168 cm³/mol. The number of carbonyl (C=O) groups is 1. The third-order valence-corrected chi connectivity index (χ3v) is 7.42. The van der Waals surface area contributed by atoms with Crippen molar-refractivity contribution < 1.29 is 4.79 Å². The molecule has 0 aliphatic heterocycles.